The molecule has 7 nitrogen and oxygen atoms in total. The second-order valence-electron chi connectivity index (χ2n) is 7.19. The van der Waals surface area contributed by atoms with E-state index < -0.39 is 0 Å². The zero-order chi connectivity index (χ0) is 20.6. The van der Waals surface area contributed by atoms with Crippen LogP contribution in [0.5, 0.6) is 0 Å². The zero-order valence-electron chi connectivity index (χ0n) is 17.4. The van der Waals surface area contributed by atoms with Crippen LogP contribution in [0.15, 0.2) is 24.3 Å². The minimum absolute atomic E-state index is 0.141. The quantitative estimate of drug-likeness (QED) is 0.480. The van der Waals surface area contributed by atoms with E-state index in [0.29, 0.717) is 25.5 Å². The number of imidazole rings is 1. The lowest BCUT2D eigenvalue weighted by Gasteiger charge is -2.11. The Morgan fingerprint density at radius 1 is 1.17 bits per heavy atom. The molecule has 3 N–H and O–H groups in total. The Hall–Kier alpha value is -2.67. The number of nitrogens with one attached hydrogen (secondary N) is 1. The van der Waals surface area contributed by atoms with Crippen molar-refractivity contribution in [2.45, 2.75) is 59.1 Å². The van der Waals surface area contributed by atoms with Crippen molar-refractivity contribution in [2.75, 3.05) is 18.9 Å². The Balaban J connectivity index is 1.78. The third-order valence-electron chi connectivity index (χ3n) is 4.98. The number of benzene rings is 1. The summed E-state index contributed by atoms with van der Waals surface area (Å²) in [6.07, 6.45) is 4.37. The van der Waals surface area contributed by atoms with Gasteiger partial charge in [-0.1, -0.05) is 31.5 Å². The summed E-state index contributed by atoms with van der Waals surface area (Å²) in [7, 11) is 0. The highest BCUT2D eigenvalue weighted by molar-refractivity contribution is 6.06. The van der Waals surface area contributed by atoms with E-state index in [9.17, 15) is 4.79 Å². The van der Waals surface area contributed by atoms with Gasteiger partial charge in [-0.3, -0.25) is 4.79 Å². The molecular weight excluding hydrogens is 366 g/mol. The number of anilines is 1. The van der Waals surface area contributed by atoms with E-state index in [1.165, 1.54) is 0 Å². The molecule has 0 bridgehead atoms. The first-order chi connectivity index (χ1) is 14.2. The van der Waals surface area contributed by atoms with Gasteiger partial charge < -0.3 is 20.4 Å². The number of pyridine rings is 1. The number of hydrogen-bond acceptors (Lipinski definition) is 5. The Morgan fingerprint density at radius 3 is 2.79 bits per heavy atom. The molecule has 7 heteroatoms. The largest absolute Gasteiger partial charge is 0.382 e. The number of carbonyl (C=O) groups is 1. The predicted octanol–water partition coefficient (Wildman–Crippen LogP) is 3.79. The van der Waals surface area contributed by atoms with E-state index in [0.717, 1.165) is 66.5 Å². The first-order valence-electron chi connectivity index (χ1n) is 10.5. The van der Waals surface area contributed by atoms with E-state index >= 15 is 0 Å². The zero-order valence-corrected chi connectivity index (χ0v) is 17.4. The lowest BCUT2D eigenvalue weighted by molar-refractivity contribution is -0.121. The molecule has 1 aromatic carbocycles. The highest BCUT2D eigenvalue weighted by atomic mass is 16.5. The number of amides is 1. The van der Waals surface area contributed by atoms with E-state index in [1.807, 2.05) is 25.1 Å². The van der Waals surface area contributed by atoms with Gasteiger partial charge in [0.05, 0.1) is 11.0 Å². The van der Waals surface area contributed by atoms with Gasteiger partial charge in [-0.15, -0.1) is 0 Å². The fourth-order valence-electron chi connectivity index (χ4n) is 3.53. The molecule has 2 heterocycles. The van der Waals surface area contributed by atoms with Gasteiger partial charge >= 0.3 is 0 Å². The molecular formula is C22H31N5O2. The van der Waals surface area contributed by atoms with Gasteiger partial charge in [-0.25, -0.2) is 9.97 Å². The van der Waals surface area contributed by atoms with Crippen LogP contribution in [0.1, 0.15) is 51.8 Å². The summed E-state index contributed by atoms with van der Waals surface area (Å²) < 4.78 is 7.85. The first kappa shape index (κ1) is 21.0. The number of ether oxygens (including phenoxy) is 1. The van der Waals surface area contributed by atoms with Crippen LogP contribution >= 0.6 is 0 Å². The van der Waals surface area contributed by atoms with Crippen LogP contribution in [0.4, 0.5) is 5.82 Å². The maximum Gasteiger partial charge on any atom is 0.219 e. The number of aromatic nitrogens is 3. The molecule has 0 unspecified atom stereocenters. The van der Waals surface area contributed by atoms with Crippen molar-refractivity contribution in [3.8, 4) is 0 Å². The van der Waals surface area contributed by atoms with Crippen molar-refractivity contribution >= 4 is 33.7 Å². The van der Waals surface area contributed by atoms with Crippen LogP contribution < -0.4 is 11.1 Å². The molecule has 3 rings (SSSR count). The van der Waals surface area contributed by atoms with Gasteiger partial charge in [0.25, 0.3) is 0 Å². The minimum Gasteiger partial charge on any atom is -0.382 e. The second-order valence-corrected chi connectivity index (χ2v) is 7.19. The van der Waals surface area contributed by atoms with Gasteiger partial charge in [-0.2, -0.15) is 0 Å². The van der Waals surface area contributed by atoms with Crippen molar-refractivity contribution in [2.24, 2.45) is 0 Å². The summed E-state index contributed by atoms with van der Waals surface area (Å²) in [6, 6.07) is 8.00. The number of hydrogen-bond donors (Lipinski definition) is 2. The number of unbranched alkanes of at least 4 members (excludes halogenated alkanes) is 2. The number of nitrogens with two attached hydrogens (primary N) is 1. The van der Waals surface area contributed by atoms with Crippen LogP contribution in [0.2, 0.25) is 0 Å². The molecule has 0 aliphatic carbocycles. The Labute approximate surface area is 171 Å². The van der Waals surface area contributed by atoms with E-state index in [2.05, 4.69) is 27.9 Å². The van der Waals surface area contributed by atoms with Gasteiger partial charge in [-0.05, 0) is 32.3 Å². The van der Waals surface area contributed by atoms with Crippen molar-refractivity contribution in [3.63, 3.8) is 0 Å². The lowest BCUT2D eigenvalue weighted by Crippen LogP contribution is -2.23. The third kappa shape index (κ3) is 5.03. The van der Waals surface area contributed by atoms with Crippen LogP contribution in [0, 0.1) is 0 Å². The van der Waals surface area contributed by atoms with Crippen molar-refractivity contribution in [1.82, 2.24) is 19.9 Å². The average molecular weight is 398 g/mol. The van der Waals surface area contributed by atoms with Gasteiger partial charge in [0.15, 0.2) is 5.82 Å². The van der Waals surface area contributed by atoms with Gasteiger partial charge in [0.1, 0.15) is 17.9 Å². The van der Waals surface area contributed by atoms with Crippen molar-refractivity contribution in [1.29, 1.82) is 0 Å². The highest BCUT2D eigenvalue weighted by Gasteiger charge is 2.17. The molecule has 2 aromatic heterocycles. The number of nitrogens with zero attached hydrogens (tertiary/aromatic N) is 3. The summed E-state index contributed by atoms with van der Waals surface area (Å²) in [5.74, 6) is 1.46. The van der Waals surface area contributed by atoms with Gasteiger partial charge in [0.2, 0.25) is 5.91 Å². The Kier molecular flexibility index (Phi) is 7.41. The molecule has 0 saturated carbocycles. The summed E-state index contributed by atoms with van der Waals surface area (Å²) in [4.78, 5) is 21.0. The Bertz CT molecular complexity index is 967. The molecule has 0 aliphatic rings. The molecule has 0 fully saturated rings. The molecule has 0 spiro atoms. The number of para-hydroxylation sites is 1. The minimum atomic E-state index is 0.141. The number of fused-ring (bicyclic) bond motifs is 3. The first-order valence-corrected chi connectivity index (χ1v) is 10.5. The average Bonchev–Trinajstić information content (AvgIpc) is 3.10. The van der Waals surface area contributed by atoms with E-state index in [1.54, 1.807) is 0 Å². The summed E-state index contributed by atoms with van der Waals surface area (Å²) >= 11 is 0. The number of nitrogen functional groups attached to an aromatic ring is 1. The summed E-state index contributed by atoms with van der Waals surface area (Å²) in [5.41, 5.74) is 8.83. The summed E-state index contributed by atoms with van der Waals surface area (Å²) in [6.45, 7) is 6.67. The van der Waals surface area contributed by atoms with Crippen LogP contribution in [-0.2, 0) is 22.7 Å². The Morgan fingerprint density at radius 2 is 2.00 bits per heavy atom. The standard InChI is InChI=1S/C22H31N5O2/c1-3-13-24-19(28)12-6-5-9-14-27-18(15-29-4-2)26-20-21(27)16-10-7-8-11-17(16)25-22(20)23/h7-8,10-11H,3-6,9,12-15H2,1-2H3,(H2,23,25)(H,24,28). The van der Waals surface area contributed by atoms with E-state index in [-0.39, 0.29) is 5.91 Å². The molecule has 0 aliphatic heterocycles. The fraction of sp³-hybridized carbons (Fsp3) is 0.500. The third-order valence-corrected chi connectivity index (χ3v) is 4.98. The van der Waals surface area contributed by atoms with Gasteiger partial charge in [0, 0.05) is 31.5 Å². The molecule has 156 valence electrons. The molecule has 29 heavy (non-hydrogen) atoms. The number of carbonyl (C=O) groups excluding carboxylic acids is 1. The maximum atomic E-state index is 11.8. The molecule has 0 radical (unpaired) electrons. The normalized spacial score (nSPS) is 11.4. The maximum absolute atomic E-state index is 11.8. The lowest BCUT2D eigenvalue weighted by atomic mass is 10.1. The molecule has 0 atom stereocenters. The van der Waals surface area contributed by atoms with Crippen molar-refractivity contribution < 1.29 is 9.53 Å². The molecule has 3 aromatic rings. The molecule has 1 amide bonds. The molecule has 0 saturated heterocycles. The van der Waals surface area contributed by atoms with Crippen LogP contribution in [0.25, 0.3) is 21.9 Å². The number of rotatable bonds is 11. The van der Waals surface area contributed by atoms with Crippen LogP contribution in [0.3, 0.4) is 0 Å². The number of aryl methyl sites for hydroxylation is 1. The van der Waals surface area contributed by atoms with E-state index in [4.69, 9.17) is 15.5 Å². The second kappa shape index (κ2) is 10.2. The SMILES string of the molecule is CCCNC(=O)CCCCCn1c(COCC)nc2c(N)nc3ccccc3c21. The van der Waals surface area contributed by atoms with Crippen LogP contribution in [-0.4, -0.2) is 33.6 Å². The smallest absolute Gasteiger partial charge is 0.219 e. The topological polar surface area (TPSA) is 95.1 Å². The fourth-order valence-corrected chi connectivity index (χ4v) is 3.53. The highest BCUT2D eigenvalue weighted by Crippen LogP contribution is 2.29. The predicted molar refractivity (Wildman–Crippen MR) is 117 cm³/mol. The monoisotopic (exact) mass is 397 g/mol. The summed E-state index contributed by atoms with van der Waals surface area (Å²) in [5, 5.41) is 3.98. The van der Waals surface area contributed by atoms with Crippen molar-refractivity contribution in [3.05, 3.63) is 30.1 Å².